The number of imidazole rings is 1. The second-order valence-corrected chi connectivity index (χ2v) is 6.33. The van der Waals surface area contributed by atoms with Crippen molar-refractivity contribution in [2.24, 2.45) is 0 Å². The highest BCUT2D eigenvalue weighted by molar-refractivity contribution is 7.71. The number of rotatable bonds is 1. The maximum atomic E-state index is 5.79. The van der Waals surface area contributed by atoms with E-state index in [2.05, 4.69) is 34.4 Å². The summed E-state index contributed by atoms with van der Waals surface area (Å²) in [6.45, 7) is 7.08. The van der Waals surface area contributed by atoms with Crippen molar-refractivity contribution in [3.63, 3.8) is 0 Å². The van der Waals surface area contributed by atoms with E-state index in [-0.39, 0.29) is 5.60 Å². The van der Waals surface area contributed by atoms with E-state index < -0.39 is 0 Å². The Morgan fingerprint density at radius 2 is 2.32 bits per heavy atom. The standard InChI is InChI=1S/C14H19N3OS/c1-9-6-11-12(15-8-9)17(13(19)16-11)10-4-5-18-14(2,3)7-10/h6,8,10H,4-5,7H2,1-3H3,(H,16,19). The molecule has 1 aliphatic heterocycles. The van der Waals surface area contributed by atoms with Gasteiger partial charge in [-0.05, 0) is 57.5 Å². The van der Waals surface area contributed by atoms with Crippen LogP contribution in [-0.4, -0.2) is 26.7 Å². The fourth-order valence-corrected chi connectivity index (χ4v) is 3.22. The number of aromatic nitrogens is 3. The molecule has 1 atom stereocenters. The lowest BCUT2D eigenvalue weighted by molar-refractivity contribution is -0.0687. The minimum Gasteiger partial charge on any atom is -0.375 e. The molecule has 1 saturated heterocycles. The Labute approximate surface area is 117 Å². The van der Waals surface area contributed by atoms with Gasteiger partial charge in [0.1, 0.15) is 0 Å². The van der Waals surface area contributed by atoms with E-state index in [4.69, 9.17) is 17.0 Å². The van der Waals surface area contributed by atoms with Crippen LogP contribution in [0.15, 0.2) is 12.3 Å². The van der Waals surface area contributed by atoms with Crippen LogP contribution in [0, 0.1) is 11.7 Å². The van der Waals surface area contributed by atoms with Gasteiger partial charge in [-0.25, -0.2) is 4.98 Å². The molecule has 1 fully saturated rings. The van der Waals surface area contributed by atoms with E-state index in [1.54, 1.807) is 0 Å². The third kappa shape index (κ3) is 2.32. The smallest absolute Gasteiger partial charge is 0.179 e. The molecule has 1 N–H and O–H groups in total. The zero-order valence-electron chi connectivity index (χ0n) is 11.6. The third-order valence-corrected chi connectivity index (χ3v) is 4.03. The number of H-pyrrole nitrogens is 1. The van der Waals surface area contributed by atoms with Crippen molar-refractivity contribution in [1.82, 2.24) is 14.5 Å². The highest BCUT2D eigenvalue weighted by Crippen LogP contribution is 2.33. The van der Waals surface area contributed by atoms with Crippen molar-refractivity contribution in [3.8, 4) is 0 Å². The van der Waals surface area contributed by atoms with Crippen molar-refractivity contribution in [3.05, 3.63) is 22.6 Å². The average Bonchev–Trinajstić information content (AvgIpc) is 2.62. The van der Waals surface area contributed by atoms with Gasteiger partial charge < -0.3 is 9.72 Å². The van der Waals surface area contributed by atoms with Gasteiger partial charge in [-0.1, -0.05) is 0 Å². The summed E-state index contributed by atoms with van der Waals surface area (Å²) in [5.41, 5.74) is 3.03. The molecule has 0 saturated carbocycles. The van der Waals surface area contributed by atoms with Crippen molar-refractivity contribution >= 4 is 23.4 Å². The summed E-state index contributed by atoms with van der Waals surface area (Å²) in [6.07, 6.45) is 3.84. The Morgan fingerprint density at radius 1 is 1.53 bits per heavy atom. The van der Waals surface area contributed by atoms with E-state index in [1.165, 1.54) is 0 Å². The predicted molar refractivity (Wildman–Crippen MR) is 78.0 cm³/mol. The highest BCUT2D eigenvalue weighted by Gasteiger charge is 2.31. The monoisotopic (exact) mass is 277 g/mol. The van der Waals surface area contributed by atoms with Crippen molar-refractivity contribution in [2.45, 2.75) is 45.3 Å². The Hall–Kier alpha value is -1.20. The molecule has 4 nitrogen and oxygen atoms in total. The highest BCUT2D eigenvalue weighted by atomic mass is 32.1. The predicted octanol–water partition coefficient (Wildman–Crippen LogP) is 3.53. The van der Waals surface area contributed by atoms with Crippen molar-refractivity contribution < 1.29 is 4.74 Å². The lowest BCUT2D eigenvalue weighted by atomic mass is 9.94. The van der Waals surface area contributed by atoms with Crippen LogP contribution < -0.4 is 0 Å². The molecule has 102 valence electrons. The molecule has 0 amide bonds. The van der Waals surface area contributed by atoms with E-state index in [0.29, 0.717) is 6.04 Å². The van der Waals surface area contributed by atoms with Crippen LogP contribution in [-0.2, 0) is 4.74 Å². The van der Waals surface area contributed by atoms with Crippen molar-refractivity contribution in [2.75, 3.05) is 6.61 Å². The molecule has 3 rings (SSSR count). The molecular weight excluding hydrogens is 258 g/mol. The van der Waals surface area contributed by atoms with Gasteiger partial charge in [0, 0.05) is 18.8 Å². The van der Waals surface area contributed by atoms with Crippen molar-refractivity contribution in [1.29, 1.82) is 0 Å². The second kappa shape index (κ2) is 4.42. The number of aromatic amines is 1. The van der Waals surface area contributed by atoms with Gasteiger partial charge in [-0.2, -0.15) is 0 Å². The molecule has 0 spiro atoms. The molecular formula is C14H19N3OS. The molecule has 0 aromatic carbocycles. The first-order chi connectivity index (χ1) is 8.96. The van der Waals surface area contributed by atoms with E-state index in [0.717, 1.165) is 40.9 Å². The minimum atomic E-state index is -0.0913. The molecule has 19 heavy (non-hydrogen) atoms. The van der Waals surface area contributed by atoms with E-state index >= 15 is 0 Å². The summed E-state index contributed by atoms with van der Waals surface area (Å²) in [7, 11) is 0. The zero-order valence-corrected chi connectivity index (χ0v) is 12.4. The Bertz CT molecular complexity index is 671. The molecule has 2 aromatic heterocycles. The number of hydrogen-bond acceptors (Lipinski definition) is 3. The number of hydrogen-bond donors (Lipinski definition) is 1. The van der Waals surface area contributed by atoms with Gasteiger partial charge in [0.15, 0.2) is 10.4 Å². The summed E-state index contributed by atoms with van der Waals surface area (Å²) in [6, 6.07) is 2.46. The van der Waals surface area contributed by atoms with Crippen LogP contribution in [0.25, 0.3) is 11.2 Å². The molecule has 1 unspecified atom stereocenters. The summed E-state index contributed by atoms with van der Waals surface area (Å²) >= 11 is 5.48. The SMILES string of the molecule is Cc1cnc2c(c1)[nH]c(=S)n2C1CCOC(C)(C)C1. The fourth-order valence-electron chi connectivity index (χ4n) is 2.88. The Kier molecular flexibility index (Phi) is 2.98. The second-order valence-electron chi connectivity index (χ2n) is 5.94. The van der Waals surface area contributed by atoms with Gasteiger partial charge in [-0.15, -0.1) is 0 Å². The molecule has 0 radical (unpaired) electrons. The summed E-state index contributed by atoms with van der Waals surface area (Å²) in [5, 5.41) is 0. The van der Waals surface area contributed by atoms with Crippen LogP contribution >= 0.6 is 12.2 Å². The van der Waals surface area contributed by atoms with Gasteiger partial charge in [0.05, 0.1) is 11.1 Å². The first kappa shape index (κ1) is 12.8. The number of nitrogens with one attached hydrogen (secondary N) is 1. The number of ether oxygens (including phenoxy) is 1. The largest absolute Gasteiger partial charge is 0.375 e. The normalized spacial score (nSPS) is 22.8. The molecule has 1 aliphatic rings. The number of aryl methyl sites for hydroxylation is 1. The van der Waals surface area contributed by atoms with Crippen LogP contribution in [0.5, 0.6) is 0 Å². The molecule has 3 heterocycles. The summed E-state index contributed by atoms with van der Waals surface area (Å²) < 4.78 is 8.71. The molecule has 0 bridgehead atoms. The molecule has 2 aromatic rings. The van der Waals surface area contributed by atoms with E-state index in [9.17, 15) is 0 Å². The fraction of sp³-hybridized carbons (Fsp3) is 0.571. The maximum absolute atomic E-state index is 5.79. The van der Waals surface area contributed by atoms with E-state index in [1.807, 2.05) is 13.1 Å². The minimum absolute atomic E-state index is 0.0913. The van der Waals surface area contributed by atoms with Gasteiger partial charge >= 0.3 is 0 Å². The van der Waals surface area contributed by atoms with Crippen LogP contribution in [0.4, 0.5) is 0 Å². The van der Waals surface area contributed by atoms with Gasteiger partial charge in [0.25, 0.3) is 0 Å². The van der Waals surface area contributed by atoms with Crippen LogP contribution in [0.2, 0.25) is 0 Å². The zero-order chi connectivity index (χ0) is 13.6. The lowest BCUT2D eigenvalue weighted by Gasteiger charge is -2.36. The number of nitrogens with zero attached hydrogens (tertiary/aromatic N) is 2. The number of fused-ring (bicyclic) bond motifs is 1. The quantitative estimate of drug-likeness (QED) is 0.811. The number of pyridine rings is 1. The first-order valence-corrected chi connectivity index (χ1v) is 7.08. The molecule has 5 heteroatoms. The third-order valence-electron chi connectivity index (χ3n) is 3.73. The lowest BCUT2D eigenvalue weighted by Crippen LogP contribution is -2.35. The summed E-state index contributed by atoms with van der Waals surface area (Å²) in [5.74, 6) is 0. The van der Waals surface area contributed by atoms with Crippen LogP contribution in [0.1, 0.15) is 38.3 Å². The van der Waals surface area contributed by atoms with Gasteiger partial charge in [0.2, 0.25) is 0 Å². The topological polar surface area (TPSA) is 42.8 Å². The first-order valence-electron chi connectivity index (χ1n) is 6.67. The van der Waals surface area contributed by atoms with Crippen LogP contribution in [0.3, 0.4) is 0 Å². The molecule has 0 aliphatic carbocycles. The van der Waals surface area contributed by atoms with Gasteiger partial charge in [-0.3, -0.25) is 4.57 Å². The Morgan fingerprint density at radius 3 is 3.05 bits per heavy atom. The summed E-state index contributed by atoms with van der Waals surface area (Å²) in [4.78, 5) is 7.82. The Balaban J connectivity index is 2.09. The maximum Gasteiger partial charge on any atom is 0.179 e. The average molecular weight is 277 g/mol.